The van der Waals surface area contributed by atoms with Crippen LogP contribution >= 0.6 is 0 Å². The third kappa shape index (κ3) is 5.51. The van der Waals surface area contributed by atoms with Gasteiger partial charge < -0.3 is 15.0 Å². The minimum Gasteiger partial charge on any atom is -0.444 e. The number of anilines is 1. The summed E-state index contributed by atoms with van der Waals surface area (Å²) in [7, 11) is 3.96. The summed E-state index contributed by atoms with van der Waals surface area (Å²) in [6.07, 6.45) is 3.62. The Bertz CT molecular complexity index is 527. The molecule has 1 fully saturated rings. The van der Waals surface area contributed by atoms with Crippen LogP contribution in [-0.4, -0.2) is 52.6 Å². The zero-order valence-corrected chi connectivity index (χ0v) is 14.8. The smallest absolute Gasteiger partial charge is 0.413 e. The second kappa shape index (κ2) is 7.31. The van der Waals surface area contributed by atoms with Crippen LogP contribution in [0.2, 0.25) is 0 Å². The summed E-state index contributed by atoms with van der Waals surface area (Å²) in [5.41, 5.74) is 0.451. The van der Waals surface area contributed by atoms with Crippen molar-refractivity contribution in [2.75, 3.05) is 25.5 Å². The van der Waals surface area contributed by atoms with Gasteiger partial charge in [0.15, 0.2) is 0 Å². The topological polar surface area (TPSA) is 71.4 Å². The maximum absolute atomic E-state index is 12.0. The Morgan fingerprint density at radius 3 is 2.61 bits per heavy atom. The van der Waals surface area contributed by atoms with Gasteiger partial charge in [0, 0.05) is 25.2 Å². The van der Waals surface area contributed by atoms with Gasteiger partial charge in [0.1, 0.15) is 11.4 Å². The Hall–Kier alpha value is -1.60. The molecule has 7 nitrogen and oxygen atoms in total. The van der Waals surface area contributed by atoms with Crippen LogP contribution in [0.3, 0.4) is 0 Å². The van der Waals surface area contributed by atoms with Gasteiger partial charge in [-0.15, -0.1) is 0 Å². The first-order valence-corrected chi connectivity index (χ1v) is 8.17. The Labute approximate surface area is 138 Å². The first-order chi connectivity index (χ1) is 10.7. The van der Waals surface area contributed by atoms with Crippen LogP contribution in [0.15, 0.2) is 6.20 Å². The van der Waals surface area contributed by atoms with Crippen molar-refractivity contribution in [1.29, 1.82) is 0 Å². The molecule has 2 rings (SSSR count). The van der Waals surface area contributed by atoms with Gasteiger partial charge in [-0.05, 0) is 53.8 Å². The van der Waals surface area contributed by atoms with Gasteiger partial charge in [0.05, 0.1) is 6.20 Å². The molecule has 0 spiro atoms. The van der Waals surface area contributed by atoms with Crippen LogP contribution in [0, 0.1) is 0 Å². The van der Waals surface area contributed by atoms with Crippen molar-refractivity contribution in [2.45, 2.75) is 51.8 Å². The summed E-state index contributed by atoms with van der Waals surface area (Å²) in [4.78, 5) is 14.3. The molecule has 1 aromatic heterocycles. The third-order valence-corrected chi connectivity index (χ3v) is 3.93. The lowest BCUT2D eigenvalue weighted by molar-refractivity contribution is 0.0634. The Morgan fingerprint density at radius 2 is 2.00 bits per heavy atom. The van der Waals surface area contributed by atoms with E-state index in [-0.39, 0.29) is 0 Å². The van der Waals surface area contributed by atoms with Crippen LogP contribution in [0.5, 0.6) is 0 Å². The van der Waals surface area contributed by atoms with Gasteiger partial charge in [-0.1, -0.05) is 0 Å². The van der Waals surface area contributed by atoms with Crippen LogP contribution in [-0.2, 0) is 18.3 Å². The molecule has 1 saturated heterocycles. The van der Waals surface area contributed by atoms with Gasteiger partial charge in [0.2, 0.25) is 0 Å². The molecule has 0 bridgehead atoms. The number of nitrogens with zero attached hydrogens (tertiary/aromatic N) is 3. The fraction of sp³-hybridized carbons (Fsp3) is 0.750. The number of ether oxygens (including phenoxy) is 1. The molecule has 130 valence electrons. The number of hydrogen-bond donors (Lipinski definition) is 2. The average Bonchev–Trinajstić information content (AvgIpc) is 2.77. The van der Waals surface area contributed by atoms with Crippen molar-refractivity contribution >= 4 is 11.9 Å². The van der Waals surface area contributed by atoms with Crippen molar-refractivity contribution < 1.29 is 9.53 Å². The molecule has 1 amide bonds. The first kappa shape index (κ1) is 17.7. The highest BCUT2D eigenvalue weighted by molar-refractivity contribution is 5.84. The van der Waals surface area contributed by atoms with E-state index in [0.29, 0.717) is 18.4 Å². The number of carbonyl (C=O) groups is 1. The summed E-state index contributed by atoms with van der Waals surface area (Å²) in [6, 6.07) is 0.515. The normalized spacial score (nSPS) is 17.3. The van der Waals surface area contributed by atoms with E-state index in [2.05, 4.69) is 27.7 Å². The van der Waals surface area contributed by atoms with E-state index in [1.54, 1.807) is 10.9 Å². The largest absolute Gasteiger partial charge is 0.444 e. The second-order valence-electron chi connectivity index (χ2n) is 7.23. The number of aromatic nitrogens is 2. The number of amides is 1. The summed E-state index contributed by atoms with van der Waals surface area (Å²) in [6.45, 7) is 8.46. The van der Waals surface area contributed by atoms with Crippen molar-refractivity contribution in [2.24, 2.45) is 7.05 Å². The number of hydrogen-bond acceptors (Lipinski definition) is 5. The van der Waals surface area contributed by atoms with E-state index in [4.69, 9.17) is 4.74 Å². The van der Waals surface area contributed by atoms with Crippen LogP contribution in [0.25, 0.3) is 0 Å². The first-order valence-electron chi connectivity index (χ1n) is 8.17. The molecule has 0 saturated carbocycles. The number of nitrogens with one attached hydrogen (secondary N) is 2. The molecule has 0 unspecified atom stereocenters. The predicted octanol–water partition coefficient (Wildman–Crippen LogP) is 1.95. The zero-order valence-electron chi connectivity index (χ0n) is 14.8. The highest BCUT2D eigenvalue weighted by Gasteiger charge is 2.20. The quantitative estimate of drug-likeness (QED) is 0.886. The monoisotopic (exact) mass is 323 g/mol. The van der Waals surface area contributed by atoms with Crippen molar-refractivity contribution in [3.8, 4) is 0 Å². The molecular weight excluding hydrogens is 294 g/mol. The number of likely N-dealkylation sites (tertiary alicyclic amines) is 1. The van der Waals surface area contributed by atoms with E-state index >= 15 is 0 Å². The van der Waals surface area contributed by atoms with E-state index in [0.717, 1.165) is 31.5 Å². The van der Waals surface area contributed by atoms with Crippen molar-refractivity contribution in [3.63, 3.8) is 0 Å². The van der Waals surface area contributed by atoms with Crippen LogP contribution in [0.1, 0.15) is 39.2 Å². The molecular formula is C16H29N5O2. The summed E-state index contributed by atoms with van der Waals surface area (Å²) < 4.78 is 6.97. The summed E-state index contributed by atoms with van der Waals surface area (Å²) in [5, 5.41) is 10.6. The molecule has 23 heavy (non-hydrogen) atoms. The molecule has 0 radical (unpaired) electrons. The lowest BCUT2D eigenvalue weighted by Crippen LogP contribution is -2.40. The standard InChI is InChI=1S/C16H29N5O2/c1-16(2,3)23-15(22)19-14-12(11-18-21(14)5)10-17-13-6-8-20(4)9-7-13/h11,13,17H,6-10H2,1-5H3,(H,19,22). The molecule has 2 heterocycles. The zero-order chi connectivity index (χ0) is 17.0. The van der Waals surface area contributed by atoms with Crippen molar-refractivity contribution in [1.82, 2.24) is 20.0 Å². The predicted molar refractivity (Wildman–Crippen MR) is 90.4 cm³/mol. The van der Waals surface area contributed by atoms with Gasteiger partial charge in [-0.3, -0.25) is 10.00 Å². The highest BCUT2D eigenvalue weighted by Crippen LogP contribution is 2.17. The van der Waals surface area contributed by atoms with Gasteiger partial charge in [-0.2, -0.15) is 5.10 Å². The Kier molecular flexibility index (Phi) is 5.64. The third-order valence-electron chi connectivity index (χ3n) is 3.93. The summed E-state index contributed by atoms with van der Waals surface area (Å²) >= 11 is 0. The molecule has 0 atom stereocenters. The second-order valence-corrected chi connectivity index (χ2v) is 7.23. The molecule has 7 heteroatoms. The molecule has 1 aliphatic heterocycles. The highest BCUT2D eigenvalue weighted by atomic mass is 16.6. The van der Waals surface area contributed by atoms with Gasteiger partial charge in [0.25, 0.3) is 0 Å². The van der Waals surface area contributed by atoms with E-state index < -0.39 is 11.7 Å². The van der Waals surface area contributed by atoms with E-state index in [9.17, 15) is 4.79 Å². The Morgan fingerprint density at radius 1 is 1.35 bits per heavy atom. The summed E-state index contributed by atoms with van der Waals surface area (Å²) in [5.74, 6) is 0.680. The average molecular weight is 323 g/mol. The van der Waals surface area contributed by atoms with E-state index in [1.807, 2.05) is 27.8 Å². The fourth-order valence-corrected chi connectivity index (χ4v) is 2.64. The lowest BCUT2D eigenvalue weighted by Gasteiger charge is -2.29. The maximum atomic E-state index is 12.0. The number of piperidine rings is 1. The number of carbonyl (C=O) groups excluding carboxylic acids is 1. The number of aryl methyl sites for hydroxylation is 1. The molecule has 1 aliphatic rings. The SMILES string of the molecule is CN1CCC(NCc2cnn(C)c2NC(=O)OC(C)(C)C)CC1. The van der Waals surface area contributed by atoms with Crippen molar-refractivity contribution in [3.05, 3.63) is 11.8 Å². The van der Waals surface area contributed by atoms with Crippen LogP contribution in [0.4, 0.5) is 10.6 Å². The van der Waals surface area contributed by atoms with Gasteiger partial charge >= 0.3 is 6.09 Å². The minimum atomic E-state index is -0.519. The van der Waals surface area contributed by atoms with E-state index in [1.165, 1.54) is 0 Å². The fourth-order valence-electron chi connectivity index (χ4n) is 2.64. The molecule has 0 aromatic carbocycles. The molecule has 2 N–H and O–H groups in total. The maximum Gasteiger partial charge on any atom is 0.413 e. The lowest BCUT2D eigenvalue weighted by atomic mass is 10.1. The minimum absolute atomic E-state index is 0.457. The number of rotatable bonds is 4. The molecule has 0 aliphatic carbocycles. The van der Waals surface area contributed by atoms with Crippen LogP contribution < -0.4 is 10.6 Å². The Balaban J connectivity index is 1.91. The molecule has 1 aromatic rings. The van der Waals surface area contributed by atoms with Gasteiger partial charge in [-0.25, -0.2) is 4.79 Å².